The lowest BCUT2D eigenvalue weighted by atomic mass is 10.2. The van der Waals surface area contributed by atoms with Gasteiger partial charge in [0.2, 0.25) is 0 Å². The summed E-state index contributed by atoms with van der Waals surface area (Å²) in [5.41, 5.74) is 0.954. The van der Waals surface area contributed by atoms with Gasteiger partial charge in [0, 0.05) is 12.6 Å². The van der Waals surface area contributed by atoms with Crippen molar-refractivity contribution in [1.82, 2.24) is 10.2 Å². The zero-order valence-electron chi connectivity index (χ0n) is 9.57. The molecule has 0 radical (unpaired) electrons. The minimum absolute atomic E-state index is 0.185. The van der Waals surface area contributed by atoms with Crippen LogP contribution in [0.25, 0.3) is 0 Å². The van der Waals surface area contributed by atoms with E-state index >= 15 is 0 Å². The molecule has 0 saturated heterocycles. The number of halogens is 3. The number of rotatable bonds is 3. The molecule has 0 fully saturated rings. The molecule has 0 unspecified atom stereocenters. The Morgan fingerprint density at radius 2 is 1.89 bits per heavy atom. The molecule has 0 bridgehead atoms. The van der Waals surface area contributed by atoms with Gasteiger partial charge in [-0.25, -0.2) is 4.39 Å². The van der Waals surface area contributed by atoms with E-state index in [2.05, 4.69) is 10.2 Å². The summed E-state index contributed by atoms with van der Waals surface area (Å²) in [6, 6.07) is 8.01. The van der Waals surface area contributed by atoms with E-state index in [1.54, 1.807) is 29.2 Å². The lowest BCUT2D eigenvalue weighted by Gasteiger charge is -2.24. The van der Waals surface area contributed by atoms with Crippen molar-refractivity contribution in [2.24, 2.45) is 0 Å². The van der Waals surface area contributed by atoms with E-state index in [0.717, 1.165) is 0 Å². The number of hydrogen-bond donors (Lipinski definition) is 0. The van der Waals surface area contributed by atoms with Crippen LogP contribution in [-0.4, -0.2) is 16.7 Å². The largest absolute Gasteiger partial charge is 0.337 e. The highest BCUT2D eigenvalue weighted by molar-refractivity contribution is 6.33. The van der Waals surface area contributed by atoms with E-state index in [4.69, 9.17) is 23.2 Å². The van der Waals surface area contributed by atoms with Crippen LogP contribution in [0.5, 0.6) is 0 Å². The Morgan fingerprint density at radius 1 is 1.17 bits per heavy atom. The van der Waals surface area contributed by atoms with Crippen molar-refractivity contribution >= 4 is 34.6 Å². The molecule has 0 aliphatic rings. The standard InChI is InChI=1S/C12H10Cl2FN3/c1-2-18(9-6-4-3-5-8(9)15)10-7-11(13)16-17-12(10)14/h3-7H,2H2,1H3. The molecular weight excluding hydrogens is 276 g/mol. The fourth-order valence-electron chi connectivity index (χ4n) is 1.67. The molecule has 0 atom stereocenters. The maximum absolute atomic E-state index is 13.8. The summed E-state index contributed by atoms with van der Waals surface area (Å²) in [6.07, 6.45) is 0. The lowest BCUT2D eigenvalue weighted by molar-refractivity contribution is 0.625. The van der Waals surface area contributed by atoms with E-state index in [9.17, 15) is 4.39 Å². The summed E-state index contributed by atoms with van der Waals surface area (Å²) < 4.78 is 13.8. The van der Waals surface area contributed by atoms with Crippen molar-refractivity contribution in [3.8, 4) is 0 Å². The van der Waals surface area contributed by atoms with E-state index < -0.39 is 0 Å². The Balaban J connectivity index is 2.52. The van der Waals surface area contributed by atoms with Crippen LogP contribution in [0.2, 0.25) is 10.3 Å². The number of anilines is 2. The first-order valence-electron chi connectivity index (χ1n) is 5.34. The first kappa shape index (κ1) is 13.1. The van der Waals surface area contributed by atoms with Crippen LogP contribution in [0.4, 0.5) is 15.8 Å². The number of hydrogen-bond acceptors (Lipinski definition) is 3. The molecule has 0 amide bonds. The molecule has 1 heterocycles. The van der Waals surface area contributed by atoms with Gasteiger partial charge < -0.3 is 4.90 Å². The van der Waals surface area contributed by atoms with E-state index in [1.165, 1.54) is 6.07 Å². The summed E-state index contributed by atoms with van der Waals surface area (Å²) >= 11 is 11.8. The second-order valence-electron chi connectivity index (χ2n) is 3.54. The highest BCUT2D eigenvalue weighted by atomic mass is 35.5. The number of para-hydroxylation sites is 1. The van der Waals surface area contributed by atoms with Crippen LogP contribution in [0, 0.1) is 5.82 Å². The van der Waals surface area contributed by atoms with Crippen molar-refractivity contribution in [3.05, 3.63) is 46.5 Å². The average Bonchev–Trinajstić information content (AvgIpc) is 2.36. The van der Waals surface area contributed by atoms with Gasteiger partial charge in [-0.15, -0.1) is 10.2 Å². The van der Waals surface area contributed by atoms with Crippen molar-refractivity contribution in [2.75, 3.05) is 11.4 Å². The van der Waals surface area contributed by atoms with Gasteiger partial charge >= 0.3 is 0 Å². The van der Waals surface area contributed by atoms with E-state index in [1.807, 2.05) is 6.92 Å². The van der Waals surface area contributed by atoms with Gasteiger partial charge in [-0.1, -0.05) is 35.3 Å². The van der Waals surface area contributed by atoms with Gasteiger partial charge in [-0.3, -0.25) is 0 Å². The molecule has 0 saturated carbocycles. The molecule has 0 spiro atoms. The minimum atomic E-state index is -0.330. The summed E-state index contributed by atoms with van der Waals surface area (Å²) in [6.45, 7) is 2.42. The number of nitrogens with zero attached hydrogens (tertiary/aromatic N) is 3. The first-order chi connectivity index (χ1) is 8.63. The third kappa shape index (κ3) is 2.54. The van der Waals surface area contributed by atoms with Crippen molar-refractivity contribution in [3.63, 3.8) is 0 Å². The molecule has 1 aromatic carbocycles. The molecule has 2 aromatic rings. The van der Waals surface area contributed by atoms with E-state index in [-0.39, 0.29) is 16.1 Å². The monoisotopic (exact) mass is 285 g/mol. The normalized spacial score (nSPS) is 10.4. The molecule has 0 aliphatic heterocycles. The Hall–Kier alpha value is -1.39. The van der Waals surface area contributed by atoms with Crippen LogP contribution >= 0.6 is 23.2 Å². The molecule has 3 nitrogen and oxygen atoms in total. The fraction of sp³-hybridized carbons (Fsp3) is 0.167. The second kappa shape index (κ2) is 5.50. The SMILES string of the molecule is CCN(c1ccccc1F)c1cc(Cl)nnc1Cl. The molecule has 2 rings (SSSR count). The zero-order valence-corrected chi connectivity index (χ0v) is 11.1. The number of aromatic nitrogens is 2. The predicted molar refractivity (Wildman–Crippen MR) is 71.1 cm³/mol. The Morgan fingerprint density at radius 3 is 2.56 bits per heavy atom. The highest BCUT2D eigenvalue weighted by Crippen LogP contribution is 2.32. The Labute approximate surface area is 114 Å². The third-order valence-corrected chi connectivity index (χ3v) is 2.90. The van der Waals surface area contributed by atoms with Gasteiger partial charge in [0.1, 0.15) is 5.82 Å². The van der Waals surface area contributed by atoms with Gasteiger partial charge in [-0.05, 0) is 19.1 Å². The molecular formula is C12H10Cl2FN3. The fourth-order valence-corrected chi connectivity index (χ4v) is 2.01. The summed E-state index contributed by atoms with van der Waals surface area (Å²) in [5.74, 6) is -0.330. The Bertz CT molecular complexity index is 563. The molecule has 0 aliphatic carbocycles. The molecule has 18 heavy (non-hydrogen) atoms. The molecule has 6 heteroatoms. The Kier molecular flexibility index (Phi) is 3.99. The zero-order chi connectivity index (χ0) is 13.1. The lowest BCUT2D eigenvalue weighted by Crippen LogP contribution is -2.18. The number of benzene rings is 1. The summed E-state index contributed by atoms with van der Waals surface area (Å²) in [7, 11) is 0. The van der Waals surface area contributed by atoms with Crippen LogP contribution in [-0.2, 0) is 0 Å². The summed E-state index contributed by atoms with van der Waals surface area (Å²) in [5, 5.41) is 7.75. The van der Waals surface area contributed by atoms with Gasteiger partial charge in [0.05, 0.1) is 11.4 Å². The third-order valence-electron chi connectivity index (χ3n) is 2.45. The molecule has 94 valence electrons. The van der Waals surface area contributed by atoms with E-state index in [0.29, 0.717) is 17.9 Å². The van der Waals surface area contributed by atoms with Crippen LogP contribution in [0.15, 0.2) is 30.3 Å². The highest BCUT2D eigenvalue weighted by Gasteiger charge is 2.16. The van der Waals surface area contributed by atoms with Gasteiger partial charge in [0.15, 0.2) is 10.3 Å². The maximum atomic E-state index is 13.8. The second-order valence-corrected chi connectivity index (χ2v) is 4.28. The van der Waals surface area contributed by atoms with Crippen molar-refractivity contribution in [2.45, 2.75) is 6.92 Å². The van der Waals surface area contributed by atoms with Gasteiger partial charge in [0.25, 0.3) is 0 Å². The van der Waals surface area contributed by atoms with Gasteiger partial charge in [-0.2, -0.15) is 0 Å². The average molecular weight is 286 g/mol. The van der Waals surface area contributed by atoms with Crippen molar-refractivity contribution < 1.29 is 4.39 Å². The molecule has 1 aromatic heterocycles. The quantitative estimate of drug-likeness (QED) is 0.851. The van der Waals surface area contributed by atoms with Crippen molar-refractivity contribution in [1.29, 1.82) is 0 Å². The van der Waals surface area contributed by atoms with Crippen LogP contribution in [0.1, 0.15) is 6.92 Å². The van der Waals surface area contributed by atoms with Crippen LogP contribution in [0.3, 0.4) is 0 Å². The predicted octanol–water partition coefficient (Wildman–Crippen LogP) is 4.08. The minimum Gasteiger partial charge on any atom is -0.337 e. The maximum Gasteiger partial charge on any atom is 0.175 e. The molecule has 0 N–H and O–H groups in total. The topological polar surface area (TPSA) is 29.0 Å². The smallest absolute Gasteiger partial charge is 0.175 e. The summed E-state index contributed by atoms with van der Waals surface area (Å²) in [4.78, 5) is 1.69. The first-order valence-corrected chi connectivity index (χ1v) is 6.10. The van der Waals surface area contributed by atoms with Crippen LogP contribution < -0.4 is 4.90 Å².